The molecule has 16 heavy (non-hydrogen) atoms. The second-order valence-corrected chi connectivity index (χ2v) is 6.03. The van der Waals surface area contributed by atoms with E-state index in [-0.39, 0.29) is 11.2 Å². The molecule has 3 heteroatoms. The van der Waals surface area contributed by atoms with Crippen LogP contribution in [0.3, 0.4) is 0 Å². The molecule has 0 saturated heterocycles. The van der Waals surface area contributed by atoms with Crippen LogP contribution in [0.25, 0.3) is 0 Å². The molecule has 0 atom stereocenters. The van der Waals surface area contributed by atoms with Crippen LogP contribution in [0.5, 0.6) is 0 Å². The Morgan fingerprint density at radius 1 is 1.38 bits per heavy atom. The molecule has 2 rings (SSSR count). The second-order valence-electron chi connectivity index (χ2n) is 5.63. The van der Waals surface area contributed by atoms with Gasteiger partial charge in [0.05, 0.1) is 0 Å². The molecule has 1 nitrogen and oxygen atoms in total. The van der Waals surface area contributed by atoms with E-state index in [2.05, 4.69) is 13.8 Å². The first kappa shape index (κ1) is 11.9. The molecule has 1 aromatic rings. The lowest BCUT2D eigenvalue weighted by Gasteiger charge is -2.53. The summed E-state index contributed by atoms with van der Waals surface area (Å²) in [4.78, 5) is 0. The summed E-state index contributed by atoms with van der Waals surface area (Å²) in [6, 6.07) is 4.61. The molecule has 1 aliphatic carbocycles. The van der Waals surface area contributed by atoms with Gasteiger partial charge in [-0.3, -0.25) is 0 Å². The van der Waals surface area contributed by atoms with Gasteiger partial charge in [-0.1, -0.05) is 31.5 Å². The number of halogens is 2. The van der Waals surface area contributed by atoms with Gasteiger partial charge >= 0.3 is 0 Å². The summed E-state index contributed by atoms with van der Waals surface area (Å²) in [6.45, 7) is 5.01. The maximum atomic E-state index is 13.0. The van der Waals surface area contributed by atoms with Gasteiger partial charge in [0.25, 0.3) is 0 Å². The minimum Gasteiger partial charge on any atom is -0.330 e. The van der Waals surface area contributed by atoms with Crippen molar-refractivity contribution >= 4 is 11.6 Å². The van der Waals surface area contributed by atoms with Gasteiger partial charge in [0.2, 0.25) is 0 Å². The van der Waals surface area contributed by atoms with Gasteiger partial charge in [0.15, 0.2) is 0 Å². The molecule has 1 saturated carbocycles. The Morgan fingerprint density at radius 3 is 2.44 bits per heavy atom. The van der Waals surface area contributed by atoms with Gasteiger partial charge in [-0.15, -0.1) is 0 Å². The first-order chi connectivity index (χ1) is 7.38. The highest BCUT2D eigenvalue weighted by atomic mass is 35.5. The SMILES string of the molecule is CC1(C)CC(CN)(c2ccc(F)cc2Cl)C1. The normalized spacial score (nSPS) is 21.6. The maximum Gasteiger partial charge on any atom is 0.124 e. The molecule has 0 spiro atoms. The summed E-state index contributed by atoms with van der Waals surface area (Å²) in [5.41, 5.74) is 7.14. The predicted molar refractivity (Wildman–Crippen MR) is 65.2 cm³/mol. The van der Waals surface area contributed by atoms with Crippen LogP contribution in [0, 0.1) is 11.2 Å². The van der Waals surface area contributed by atoms with Gasteiger partial charge in [-0.25, -0.2) is 4.39 Å². The zero-order valence-corrected chi connectivity index (χ0v) is 10.4. The second kappa shape index (κ2) is 3.71. The Labute approximate surface area is 101 Å². The molecular weight excluding hydrogens is 225 g/mol. The van der Waals surface area contributed by atoms with Crippen LogP contribution >= 0.6 is 11.6 Å². The summed E-state index contributed by atoms with van der Waals surface area (Å²) < 4.78 is 13.0. The van der Waals surface area contributed by atoms with E-state index < -0.39 is 0 Å². The average Bonchev–Trinajstić information content (AvgIpc) is 2.13. The molecule has 0 aliphatic heterocycles. The molecule has 1 aliphatic rings. The van der Waals surface area contributed by atoms with E-state index in [1.54, 1.807) is 6.07 Å². The largest absolute Gasteiger partial charge is 0.330 e. The van der Waals surface area contributed by atoms with E-state index >= 15 is 0 Å². The molecule has 0 unspecified atom stereocenters. The summed E-state index contributed by atoms with van der Waals surface area (Å²) in [6.07, 6.45) is 2.03. The van der Waals surface area contributed by atoms with Crippen LogP contribution in [0.2, 0.25) is 5.02 Å². The molecule has 1 aromatic carbocycles. The van der Waals surface area contributed by atoms with Crippen molar-refractivity contribution in [3.63, 3.8) is 0 Å². The van der Waals surface area contributed by atoms with E-state index in [4.69, 9.17) is 17.3 Å². The first-order valence-corrected chi connectivity index (χ1v) is 5.92. The fraction of sp³-hybridized carbons (Fsp3) is 0.538. The van der Waals surface area contributed by atoms with Crippen LogP contribution in [0.15, 0.2) is 18.2 Å². The Morgan fingerprint density at radius 2 is 2.00 bits per heavy atom. The Hall–Kier alpha value is -0.600. The monoisotopic (exact) mass is 241 g/mol. The number of benzene rings is 1. The van der Waals surface area contributed by atoms with Crippen LogP contribution in [-0.2, 0) is 5.41 Å². The highest BCUT2D eigenvalue weighted by Gasteiger charge is 2.49. The zero-order valence-electron chi connectivity index (χ0n) is 9.69. The number of hydrogen-bond donors (Lipinski definition) is 1. The summed E-state index contributed by atoms with van der Waals surface area (Å²) in [7, 11) is 0. The Balaban J connectivity index is 2.36. The maximum absolute atomic E-state index is 13.0. The highest BCUT2D eigenvalue weighted by Crippen LogP contribution is 2.56. The lowest BCUT2D eigenvalue weighted by molar-refractivity contribution is 0.0634. The van der Waals surface area contributed by atoms with Crippen LogP contribution in [0.1, 0.15) is 32.3 Å². The van der Waals surface area contributed by atoms with Crippen molar-refractivity contribution in [3.8, 4) is 0 Å². The molecule has 2 N–H and O–H groups in total. The summed E-state index contributed by atoms with van der Waals surface area (Å²) in [5.74, 6) is -0.292. The van der Waals surface area contributed by atoms with Crippen LogP contribution in [-0.4, -0.2) is 6.54 Å². The van der Waals surface area contributed by atoms with Crippen molar-refractivity contribution < 1.29 is 4.39 Å². The smallest absolute Gasteiger partial charge is 0.124 e. The van der Waals surface area contributed by atoms with Crippen LogP contribution in [0.4, 0.5) is 4.39 Å². The van der Waals surface area contributed by atoms with Gasteiger partial charge in [-0.05, 0) is 36.0 Å². The topological polar surface area (TPSA) is 26.0 Å². The van der Waals surface area contributed by atoms with Gasteiger partial charge in [0.1, 0.15) is 5.82 Å². The number of hydrogen-bond acceptors (Lipinski definition) is 1. The van der Waals surface area contributed by atoms with E-state index in [0.29, 0.717) is 17.0 Å². The van der Waals surface area contributed by atoms with Gasteiger partial charge in [-0.2, -0.15) is 0 Å². The van der Waals surface area contributed by atoms with Crippen molar-refractivity contribution in [2.45, 2.75) is 32.1 Å². The molecule has 0 heterocycles. The Kier molecular flexibility index (Phi) is 2.75. The molecule has 0 aromatic heterocycles. The quantitative estimate of drug-likeness (QED) is 0.843. The van der Waals surface area contributed by atoms with Crippen molar-refractivity contribution in [2.75, 3.05) is 6.54 Å². The molecule has 1 fully saturated rings. The summed E-state index contributed by atoms with van der Waals surface area (Å²) >= 11 is 6.10. The standard InChI is InChI=1S/C13H17ClFN/c1-12(2)6-13(7-12,8-16)10-4-3-9(15)5-11(10)14/h3-5H,6-8,16H2,1-2H3. The van der Waals surface area contributed by atoms with Gasteiger partial charge < -0.3 is 5.73 Å². The lowest BCUT2D eigenvalue weighted by atomic mass is 9.52. The van der Waals surface area contributed by atoms with E-state index in [1.807, 2.05) is 0 Å². The molecule has 0 radical (unpaired) electrons. The molecular formula is C13H17ClFN. The fourth-order valence-electron chi connectivity index (χ4n) is 3.14. The van der Waals surface area contributed by atoms with Crippen molar-refractivity contribution in [1.29, 1.82) is 0 Å². The third kappa shape index (κ3) is 1.85. The fourth-order valence-corrected chi connectivity index (χ4v) is 3.51. The average molecular weight is 242 g/mol. The molecule has 0 amide bonds. The molecule has 0 bridgehead atoms. The number of nitrogens with two attached hydrogens (primary N) is 1. The molecule has 88 valence electrons. The third-order valence-corrected chi connectivity index (χ3v) is 3.84. The minimum atomic E-state index is -0.292. The highest BCUT2D eigenvalue weighted by molar-refractivity contribution is 6.31. The van der Waals surface area contributed by atoms with E-state index in [9.17, 15) is 4.39 Å². The van der Waals surface area contributed by atoms with Crippen LogP contribution < -0.4 is 5.73 Å². The third-order valence-electron chi connectivity index (χ3n) is 3.53. The predicted octanol–water partition coefficient (Wildman–Crippen LogP) is 3.50. The van der Waals surface area contributed by atoms with E-state index in [0.717, 1.165) is 18.4 Å². The van der Waals surface area contributed by atoms with Crippen molar-refractivity contribution in [3.05, 3.63) is 34.6 Å². The van der Waals surface area contributed by atoms with Crippen molar-refractivity contribution in [1.82, 2.24) is 0 Å². The van der Waals surface area contributed by atoms with Crippen molar-refractivity contribution in [2.24, 2.45) is 11.1 Å². The first-order valence-electron chi connectivity index (χ1n) is 5.54. The zero-order chi connectivity index (χ0) is 12.0. The lowest BCUT2D eigenvalue weighted by Crippen LogP contribution is -2.51. The summed E-state index contributed by atoms with van der Waals surface area (Å²) in [5, 5.41) is 0.501. The van der Waals surface area contributed by atoms with Gasteiger partial charge in [0, 0.05) is 17.0 Å². The Bertz CT molecular complexity index is 406. The van der Waals surface area contributed by atoms with E-state index in [1.165, 1.54) is 12.1 Å². The number of rotatable bonds is 2. The minimum absolute atomic E-state index is 0.0473.